The van der Waals surface area contributed by atoms with Crippen LogP contribution in [0.15, 0.2) is 78.4 Å². The predicted molar refractivity (Wildman–Crippen MR) is 144 cm³/mol. The molecule has 0 saturated carbocycles. The Kier molecular flexibility index (Phi) is 7.58. The van der Waals surface area contributed by atoms with Gasteiger partial charge in [0.2, 0.25) is 0 Å². The molecule has 0 unspecified atom stereocenters. The van der Waals surface area contributed by atoms with Crippen molar-refractivity contribution in [1.82, 2.24) is 0 Å². The molecule has 1 amide bonds. The van der Waals surface area contributed by atoms with E-state index in [9.17, 15) is 10.1 Å². The number of rotatable bonds is 7. The lowest BCUT2D eigenvalue weighted by Gasteiger charge is -2.15. The van der Waals surface area contributed by atoms with Crippen LogP contribution < -0.4 is 14.8 Å². The number of carbonyl (C=O) groups is 1. The first-order valence-corrected chi connectivity index (χ1v) is 11.7. The van der Waals surface area contributed by atoms with Gasteiger partial charge in [0.25, 0.3) is 5.91 Å². The maximum atomic E-state index is 12.8. The van der Waals surface area contributed by atoms with Gasteiger partial charge in [-0.15, -0.1) is 0 Å². The van der Waals surface area contributed by atoms with E-state index in [2.05, 4.69) is 29.6 Å². The van der Waals surface area contributed by atoms with Gasteiger partial charge < -0.3 is 14.8 Å². The van der Waals surface area contributed by atoms with Crippen LogP contribution in [0.2, 0.25) is 5.02 Å². The Morgan fingerprint density at radius 2 is 1.81 bits per heavy atom. The summed E-state index contributed by atoms with van der Waals surface area (Å²) in [5.74, 6) is 0.568. The second-order valence-corrected chi connectivity index (χ2v) is 8.77. The fourth-order valence-corrected chi connectivity index (χ4v) is 4.03. The quantitative estimate of drug-likeness (QED) is 0.216. The summed E-state index contributed by atoms with van der Waals surface area (Å²) in [5.41, 5.74) is 4.11. The van der Waals surface area contributed by atoms with Crippen LogP contribution in [0.25, 0.3) is 16.8 Å². The molecule has 36 heavy (non-hydrogen) atoms. The summed E-state index contributed by atoms with van der Waals surface area (Å²) in [4.78, 5) is 12.8. The van der Waals surface area contributed by atoms with Crippen molar-refractivity contribution in [2.45, 2.75) is 20.5 Å². The highest BCUT2D eigenvalue weighted by molar-refractivity contribution is 6.31. The minimum atomic E-state index is -0.538. The molecule has 0 aromatic heterocycles. The van der Waals surface area contributed by atoms with Gasteiger partial charge in [-0.05, 0) is 66.1 Å². The number of fused-ring (bicyclic) bond motifs is 1. The van der Waals surface area contributed by atoms with Crippen molar-refractivity contribution < 1.29 is 14.3 Å². The highest BCUT2D eigenvalue weighted by Gasteiger charge is 2.14. The maximum Gasteiger partial charge on any atom is 0.266 e. The molecule has 0 fully saturated rings. The summed E-state index contributed by atoms with van der Waals surface area (Å²) < 4.78 is 11.6. The molecule has 4 rings (SSSR count). The number of anilines is 1. The number of hydrogen-bond acceptors (Lipinski definition) is 4. The van der Waals surface area contributed by atoms with Gasteiger partial charge in [0.15, 0.2) is 0 Å². The highest BCUT2D eigenvalue weighted by Crippen LogP contribution is 2.30. The number of carbonyl (C=O) groups excluding carboxylic acids is 1. The molecule has 0 aliphatic carbocycles. The molecule has 4 aromatic carbocycles. The molecule has 6 heteroatoms. The molecule has 0 heterocycles. The van der Waals surface area contributed by atoms with Gasteiger partial charge in [-0.2, -0.15) is 5.26 Å². The molecule has 180 valence electrons. The van der Waals surface area contributed by atoms with Gasteiger partial charge in [0.1, 0.15) is 29.7 Å². The Hall–Kier alpha value is -4.27. The van der Waals surface area contributed by atoms with Crippen molar-refractivity contribution >= 4 is 40.0 Å². The van der Waals surface area contributed by atoms with Crippen LogP contribution in [0, 0.1) is 25.2 Å². The number of amides is 1. The topological polar surface area (TPSA) is 71.3 Å². The molecule has 5 nitrogen and oxygen atoms in total. The van der Waals surface area contributed by atoms with Crippen LogP contribution in [0.1, 0.15) is 22.3 Å². The summed E-state index contributed by atoms with van der Waals surface area (Å²) in [6.45, 7) is 4.24. The number of nitrogens with zero attached hydrogens (tertiary/aromatic N) is 1. The lowest BCUT2D eigenvalue weighted by atomic mass is 10.0. The van der Waals surface area contributed by atoms with Crippen molar-refractivity contribution in [3.63, 3.8) is 0 Å². The Labute approximate surface area is 215 Å². The van der Waals surface area contributed by atoms with E-state index in [1.807, 2.05) is 32.0 Å². The Morgan fingerprint density at radius 3 is 2.56 bits per heavy atom. The molecule has 0 aliphatic heterocycles. The zero-order valence-corrected chi connectivity index (χ0v) is 21.0. The van der Waals surface area contributed by atoms with Crippen LogP contribution in [0.5, 0.6) is 11.5 Å². The number of benzene rings is 4. The summed E-state index contributed by atoms with van der Waals surface area (Å²) in [6.07, 6.45) is 1.51. The molecule has 0 saturated heterocycles. The zero-order valence-electron chi connectivity index (χ0n) is 20.3. The molecular weight excluding hydrogens is 472 g/mol. The molecule has 0 atom stereocenters. The molecule has 0 bridgehead atoms. The average Bonchev–Trinajstić information content (AvgIpc) is 2.89. The van der Waals surface area contributed by atoms with Gasteiger partial charge in [-0.3, -0.25) is 4.79 Å². The third-order valence-corrected chi connectivity index (χ3v) is 6.37. The van der Waals surface area contributed by atoms with E-state index in [1.165, 1.54) is 6.08 Å². The third-order valence-electron chi connectivity index (χ3n) is 5.96. The van der Waals surface area contributed by atoms with E-state index < -0.39 is 5.91 Å². The number of ether oxygens (including phenoxy) is 2. The first-order valence-electron chi connectivity index (χ1n) is 11.4. The first kappa shape index (κ1) is 24.8. The predicted octanol–water partition coefficient (Wildman–Crippen LogP) is 7.24. The third kappa shape index (κ3) is 5.51. The maximum absolute atomic E-state index is 12.8. The van der Waals surface area contributed by atoms with Gasteiger partial charge in [-0.1, -0.05) is 54.1 Å². The zero-order chi connectivity index (χ0) is 25.7. The van der Waals surface area contributed by atoms with Crippen molar-refractivity contribution in [1.29, 1.82) is 5.26 Å². The van der Waals surface area contributed by atoms with Crippen molar-refractivity contribution in [2.75, 3.05) is 12.4 Å². The Morgan fingerprint density at radius 1 is 1.03 bits per heavy atom. The molecule has 0 spiro atoms. The minimum Gasteiger partial charge on any atom is -0.497 e. The van der Waals surface area contributed by atoms with E-state index >= 15 is 0 Å². The van der Waals surface area contributed by atoms with Crippen LogP contribution >= 0.6 is 11.6 Å². The van der Waals surface area contributed by atoms with Crippen LogP contribution in [0.3, 0.4) is 0 Å². The van der Waals surface area contributed by atoms with Crippen molar-refractivity contribution in [3.8, 4) is 17.6 Å². The standard InChI is InChI=1S/C30H25ClN2O3/c1-19-8-10-21-6-4-5-7-26(21)27(19)18-36-29-16-25(35-3)13-11-22(29)14-23(17-32)30(34)33-24-12-9-20(2)28(31)15-24/h4-16H,18H2,1-3H3,(H,33,34)/b23-14+. The molecule has 0 radical (unpaired) electrons. The van der Waals surface area contributed by atoms with Gasteiger partial charge in [-0.25, -0.2) is 0 Å². The second-order valence-electron chi connectivity index (χ2n) is 8.36. The molecule has 0 aliphatic rings. The molecule has 1 N–H and O–H groups in total. The summed E-state index contributed by atoms with van der Waals surface area (Å²) in [5, 5.41) is 15.2. The van der Waals surface area contributed by atoms with Gasteiger partial charge in [0.05, 0.1) is 7.11 Å². The Balaban J connectivity index is 1.64. The number of aryl methyl sites for hydroxylation is 2. The lowest BCUT2D eigenvalue weighted by molar-refractivity contribution is -0.112. The summed E-state index contributed by atoms with van der Waals surface area (Å²) in [6, 6.07) is 24.8. The smallest absolute Gasteiger partial charge is 0.266 e. The Bertz CT molecular complexity index is 1520. The number of hydrogen-bond donors (Lipinski definition) is 1. The average molecular weight is 497 g/mol. The summed E-state index contributed by atoms with van der Waals surface area (Å²) >= 11 is 6.16. The minimum absolute atomic E-state index is 0.0666. The number of nitriles is 1. The molecule has 4 aromatic rings. The van der Waals surface area contributed by atoms with Crippen molar-refractivity contribution in [3.05, 3.63) is 106 Å². The lowest BCUT2D eigenvalue weighted by Crippen LogP contribution is -2.13. The van der Waals surface area contributed by atoms with Crippen LogP contribution in [0.4, 0.5) is 5.69 Å². The number of nitrogens with one attached hydrogen (secondary N) is 1. The van der Waals surface area contributed by atoms with Crippen LogP contribution in [-0.4, -0.2) is 13.0 Å². The summed E-state index contributed by atoms with van der Waals surface area (Å²) in [7, 11) is 1.57. The highest BCUT2D eigenvalue weighted by atomic mass is 35.5. The number of methoxy groups -OCH3 is 1. The monoisotopic (exact) mass is 496 g/mol. The van der Waals surface area contributed by atoms with E-state index in [-0.39, 0.29) is 5.57 Å². The SMILES string of the molecule is COc1ccc(/C=C(\C#N)C(=O)Nc2ccc(C)c(Cl)c2)c(OCc2c(C)ccc3ccccc23)c1. The fraction of sp³-hybridized carbons (Fsp3) is 0.133. The largest absolute Gasteiger partial charge is 0.497 e. The molecular formula is C30H25ClN2O3. The van der Waals surface area contributed by atoms with Gasteiger partial charge >= 0.3 is 0 Å². The van der Waals surface area contributed by atoms with Crippen molar-refractivity contribution in [2.24, 2.45) is 0 Å². The normalized spacial score (nSPS) is 11.1. The van der Waals surface area contributed by atoms with Gasteiger partial charge in [0, 0.05) is 27.9 Å². The fourth-order valence-electron chi connectivity index (χ4n) is 3.85. The van der Waals surface area contributed by atoms with E-state index in [1.54, 1.807) is 43.5 Å². The number of halogens is 1. The van der Waals surface area contributed by atoms with E-state index in [0.717, 1.165) is 27.5 Å². The van der Waals surface area contributed by atoms with E-state index in [4.69, 9.17) is 21.1 Å². The first-order chi connectivity index (χ1) is 17.4. The van der Waals surface area contributed by atoms with Crippen LogP contribution in [-0.2, 0) is 11.4 Å². The van der Waals surface area contributed by atoms with E-state index in [0.29, 0.717) is 34.4 Å². The second kappa shape index (κ2) is 11.0.